The lowest BCUT2D eigenvalue weighted by molar-refractivity contribution is -0.126. The molecule has 29 heavy (non-hydrogen) atoms. The van der Waals surface area contributed by atoms with E-state index in [0.29, 0.717) is 35.2 Å². The molecule has 0 bridgehead atoms. The molecule has 0 aliphatic carbocycles. The highest BCUT2D eigenvalue weighted by Gasteiger charge is 2.29. The molecule has 8 heteroatoms. The second-order valence-electron chi connectivity index (χ2n) is 7.36. The molecule has 1 aromatic heterocycles. The average Bonchev–Trinajstić information content (AvgIpc) is 2.73. The lowest BCUT2D eigenvalue weighted by Gasteiger charge is -2.32. The Morgan fingerprint density at radius 3 is 2.66 bits per heavy atom. The van der Waals surface area contributed by atoms with Crippen molar-refractivity contribution in [2.24, 2.45) is 5.92 Å². The molecule has 3 rings (SSSR count). The number of hydrogen-bond acceptors (Lipinski definition) is 4. The number of nitrogens with one attached hydrogen (secondary N) is 1. The first kappa shape index (κ1) is 21.4. The van der Waals surface area contributed by atoms with E-state index < -0.39 is 0 Å². The standard InChI is InChI=1S/C21H24Cl2N4O2/c1-26(2)19-8-5-14(11-24-19)12-25-20(28)16-4-3-9-27(13-16)21(29)15-6-7-17(22)18(23)10-15/h5-8,10-11,16H,3-4,9,12-13H2,1-2H3,(H,25,28). The SMILES string of the molecule is CN(C)c1ccc(CNC(=O)C2CCCN(C(=O)c3ccc(Cl)c(Cl)c3)C2)cn1. The van der Waals surface area contributed by atoms with Crippen molar-refractivity contribution < 1.29 is 9.59 Å². The molecular formula is C21H24Cl2N4O2. The van der Waals surface area contributed by atoms with E-state index in [1.54, 1.807) is 29.3 Å². The number of aromatic nitrogens is 1. The van der Waals surface area contributed by atoms with Gasteiger partial charge in [0.25, 0.3) is 5.91 Å². The summed E-state index contributed by atoms with van der Waals surface area (Å²) in [6.45, 7) is 1.43. The van der Waals surface area contributed by atoms with Gasteiger partial charge in [-0.25, -0.2) is 4.98 Å². The summed E-state index contributed by atoms with van der Waals surface area (Å²) in [6, 6.07) is 8.70. The highest BCUT2D eigenvalue weighted by molar-refractivity contribution is 6.42. The van der Waals surface area contributed by atoms with Gasteiger partial charge in [0.15, 0.2) is 0 Å². The van der Waals surface area contributed by atoms with Crippen molar-refractivity contribution in [3.63, 3.8) is 0 Å². The minimum absolute atomic E-state index is 0.0478. The Labute approximate surface area is 180 Å². The molecule has 1 aliphatic rings. The van der Waals surface area contributed by atoms with Crippen LogP contribution in [0.5, 0.6) is 0 Å². The number of hydrogen-bond donors (Lipinski definition) is 1. The number of carbonyl (C=O) groups excluding carboxylic acids is 2. The van der Waals surface area contributed by atoms with Gasteiger partial charge in [-0.3, -0.25) is 9.59 Å². The zero-order valence-corrected chi connectivity index (χ0v) is 18.0. The van der Waals surface area contributed by atoms with Crippen LogP contribution in [0.2, 0.25) is 10.0 Å². The summed E-state index contributed by atoms with van der Waals surface area (Å²) in [5, 5.41) is 3.72. The summed E-state index contributed by atoms with van der Waals surface area (Å²) in [6.07, 6.45) is 3.30. The molecule has 2 aromatic rings. The fraction of sp³-hybridized carbons (Fsp3) is 0.381. The molecule has 0 saturated carbocycles. The van der Waals surface area contributed by atoms with E-state index in [2.05, 4.69) is 10.3 Å². The van der Waals surface area contributed by atoms with Crippen LogP contribution in [0, 0.1) is 5.92 Å². The fourth-order valence-electron chi connectivity index (χ4n) is 3.31. The summed E-state index contributed by atoms with van der Waals surface area (Å²) in [5.74, 6) is 0.450. The summed E-state index contributed by atoms with van der Waals surface area (Å²) in [7, 11) is 3.86. The first-order valence-electron chi connectivity index (χ1n) is 9.49. The minimum atomic E-state index is -0.232. The van der Waals surface area contributed by atoms with Gasteiger partial charge in [0.2, 0.25) is 5.91 Å². The van der Waals surface area contributed by atoms with Gasteiger partial charge in [-0.1, -0.05) is 29.3 Å². The van der Waals surface area contributed by atoms with Crippen LogP contribution in [-0.2, 0) is 11.3 Å². The molecule has 1 N–H and O–H groups in total. The van der Waals surface area contributed by atoms with E-state index in [1.165, 1.54) is 0 Å². The number of likely N-dealkylation sites (tertiary alicyclic amines) is 1. The molecule has 1 aliphatic heterocycles. The van der Waals surface area contributed by atoms with Gasteiger partial charge in [0, 0.05) is 45.5 Å². The summed E-state index contributed by atoms with van der Waals surface area (Å²) in [5.41, 5.74) is 1.41. The topological polar surface area (TPSA) is 65.5 Å². The molecule has 0 radical (unpaired) electrons. The predicted octanol–water partition coefficient (Wildman–Crippen LogP) is 3.62. The van der Waals surface area contributed by atoms with Crippen molar-refractivity contribution in [3.8, 4) is 0 Å². The number of benzene rings is 1. The normalized spacial score (nSPS) is 16.4. The van der Waals surface area contributed by atoms with Crippen LogP contribution in [0.15, 0.2) is 36.5 Å². The van der Waals surface area contributed by atoms with Gasteiger partial charge in [-0.15, -0.1) is 0 Å². The minimum Gasteiger partial charge on any atom is -0.363 e. The number of amides is 2. The number of piperidine rings is 1. The molecule has 1 saturated heterocycles. The zero-order chi connectivity index (χ0) is 21.0. The van der Waals surface area contributed by atoms with Crippen LogP contribution in [0.3, 0.4) is 0 Å². The van der Waals surface area contributed by atoms with Crippen molar-refractivity contribution >= 4 is 40.8 Å². The molecule has 1 atom stereocenters. The smallest absolute Gasteiger partial charge is 0.253 e. The maximum absolute atomic E-state index is 12.8. The van der Waals surface area contributed by atoms with Crippen molar-refractivity contribution in [1.29, 1.82) is 0 Å². The summed E-state index contributed by atoms with van der Waals surface area (Å²) in [4.78, 5) is 33.4. The van der Waals surface area contributed by atoms with E-state index in [1.807, 2.05) is 31.1 Å². The highest BCUT2D eigenvalue weighted by Crippen LogP contribution is 2.25. The van der Waals surface area contributed by atoms with Gasteiger partial charge in [0.1, 0.15) is 5.82 Å². The van der Waals surface area contributed by atoms with Crippen LogP contribution >= 0.6 is 23.2 Å². The van der Waals surface area contributed by atoms with E-state index in [0.717, 1.165) is 24.2 Å². The number of nitrogens with zero attached hydrogens (tertiary/aromatic N) is 3. The number of carbonyl (C=O) groups is 2. The van der Waals surface area contributed by atoms with Crippen LogP contribution < -0.4 is 10.2 Å². The quantitative estimate of drug-likeness (QED) is 0.779. The van der Waals surface area contributed by atoms with Crippen LogP contribution in [0.25, 0.3) is 0 Å². The molecule has 1 aromatic carbocycles. The monoisotopic (exact) mass is 434 g/mol. The number of halogens is 2. The molecule has 154 valence electrons. The largest absolute Gasteiger partial charge is 0.363 e. The highest BCUT2D eigenvalue weighted by atomic mass is 35.5. The zero-order valence-electron chi connectivity index (χ0n) is 16.5. The van der Waals surface area contributed by atoms with Crippen molar-refractivity contribution in [1.82, 2.24) is 15.2 Å². The second-order valence-corrected chi connectivity index (χ2v) is 8.17. The van der Waals surface area contributed by atoms with Crippen molar-refractivity contribution in [3.05, 3.63) is 57.7 Å². The third-order valence-corrected chi connectivity index (χ3v) is 5.72. The predicted molar refractivity (Wildman–Crippen MR) is 116 cm³/mol. The molecule has 2 amide bonds. The maximum atomic E-state index is 12.8. The van der Waals surface area contributed by atoms with Crippen molar-refractivity contribution in [2.45, 2.75) is 19.4 Å². The lowest BCUT2D eigenvalue weighted by atomic mass is 9.96. The van der Waals surface area contributed by atoms with Crippen LogP contribution in [0.1, 0.15) is 28.8 Å². The number of anilines is 1. The Morgan fingerprint density at radius 1 is 1.21 bits per heavy atom. The lowest BCUT2D eigenvalue weighted by Crippen LogP contribution is -2.45. The van der Waals surface area contributed by atoms with Gasteiger partial charge in [-0.2, -0.15) is 0 Å². The summed E-state index contributed by atoms with van der Waals surface area (Å²) < 4.78 is 0. The second kappa shape index (κ2) is 9.46. The average molecular weight is 435 g/mol. The Bertz CT molecular complexity index is 887. The molecule has 2 heterocycles. The van der Waals surface area contributed by atoms with E-state index in [4.69, 9.17) is 23.2 Å². The third kappa shape index (κ3) is 5.40. The van der Waals surface area contributed by atoms with Crippen LogP contribution in [0.4, 0.5) is 5.82 Å². The molecular weight excluding hydrogens is 411 g/mol. The maximum Gasteiger partial charge on any atom is 0.253 e. The van der Waals surface area contributed by atoms with Gasteiger partial charge >= 0.3 is 0 Å². The summed E-state index contributed by atoms with van der Waals surface area (Å²) >= 11 is 12.0. The van der Waals surface area contributed by atoms with Gasteiger partial charge < -0.3 is 15.1 Å². The van der Waals surface area contributed by atoms with E-state index >= 15 is 0 Å². The molecule has 1 fully saturated rings. The Kier molecular flexibility index (Phi) is 6.98. The first-order valence-corrected chi connectivity index (χ1v) is 10.2. The molecule has 1 unspecified atom stereocenters. The van der Waals surface area contributed by atoms with E-state index in [-0.39, 0.29) is 17.7 Å². The first-order chi connectivity index (χ1) is 13.8. The number of rotatable bonds is 5. The Morgan fingerprint density at radius 2 is 2.00 bits per heavy atom. The van der Waals surface area contributed by atoms with E-state index in [9.17, 15) is 9.59 Å². The Balaban J connectivity index is 1.57. The molecule has 6 nitrogen and oxygen atoms in total. The Hall–Kier alpha value is -2.31. The van der Waals surface area contributed by atoms with Gasteiger partial charge in [0.05, 0.1) is 16.0 Å². The molecule has 0 spiro atoms. The fourth-order valence-corrected chi connectivity index (χ4v) is 3.60. The van der Waals surface area contributed by atoms with Crippen LogP contribution in [-0.4, -0.2) is 48.9 Å². The van der Waals surface area contributed by atoms with Crippen molar-refractivity contribution in [2.75, 3.05) is 32.1 Å². The van der Waals surface area contributed by atoms with Gasteiger partial charge in [-0.05, 0) is 42.7 Å². The third-order valence-electron chi connectivity index (χ3n) is 4.98. The number of pyridine rings is 1.